The van der Waals surface area contributed by atoms with Crippen molar-refractivity contribution in [1.29, 1.82) is 0 Å². The summed E-state index contributed by atoms with van der Waals surface area (Å²) in [4.78, 5) is 29.9. The molecular formula is C24H24BrClN2O4. The van der Waals surface area contributed by atoms with E-state index in [9.17, 15) is 14.7 Å². The number of rotatable bonds is 6. The summed E-state index contributed by atoms with van der Waals surface area (Å²) < 4.78 is 6.22. The molecule has 168 valence electrons. The number of nitrogens with zero attached hydrogens (tertiary/aromatic N) is 2. The molecule has 2 heterocycles. The Morgan fingerprint density at radius 2 is 1.81 bits per heavy atom. The first-order valence-electron chi connectivity index (χ1n) is 10.6. The van der Waals surface area contributed by atoms with Gasteiger partial charge in [-0.3, -0.25) is 14.5 Å². The Morgan fingerprint density at radius 1 is 1.09 bits per heavy atom. The van der Waals surface area contributed by atoms with Crippen molar-refractivity contribution in [2.45, 2.75) is 12.5 Å². The molecule has 6 nitrogen and oxygen atoms in total. The number of halogens is 2. The monoisotopic (exact) mass is 518 g/mol. The van der Waals surface area contributed by atoms with Crippen LogP contribution in [-0.2, 0) is 14.3 Å². The minimum absolute atomic E-state index is 0.0989. The minimum atomic E-state index is -0.672. The summed E-state index contributed by atoms with van der Waals surface area (Å²) >= 11 is 9.44. The van der Waals surface area contributed by atoms with Crippen LogP contribution in [0.4, 0.5) is 0 Å². The third-order valence-electron chi connectivity index (χ3n) is 5.80. The molecule has 32 heavy (non-hydrogen) atoms. The van der Waals surface area contributed by atoms with Gasteiger partial charge in [-0.05, 0) is 48.4 Å². The van der Waals surface area contributed by atoms with Crippen LogP contribution in [0.1, 0.15) is 23.6 Å². The van der Waals surface area contributed by atoms with Gasteiger partial charge in [0.25, 0.3) is 11.7 Å². The number of hydrogen-bond acceptors (Lipinski definition) is 5. The van der Waals surface area contributed by atoms with Crippen molar-refractivity contribution in [1.82, 2.24) is 9.80 Å². The first kappa shape index (κ1) is 23.0. The van der Waals surface area contributed by atoms with E-state index in [1.807, 2.05) is 24.3 Å². The maximum Gasteiger partial charge on any atom is 0.295 e. The van der Waals surface area contributed by atoms with E-state index in [0.29, 0.717) is 30.3 Å². The Labute approximate surface area is 200 Å². The van der Waals surface area contributed by atoms with Gasteiger partial charge in [-0.15, -0.1) is 0 Å². The molecule has 0 saturated carbocycles. The highest BCUT2D eigenvalue weighted by Crippen LogP contribution is 2.40. The van der Waals surface area contributed by atoms with Crippen LogP contribution in [0.15, 0.2) is 58.6 Å². The number of amides is 1. The molecule has 0 radical (unpaired) electrons. The van der Waals surface area contributed by atoms with E-state index in [2.05, 4.69) is 20.8 Å². The Bertz CT molecular complexity index is 1030. The van der Waals surface area contributed by atoms with Gasteiger partial charge >= 0.3 is 0 Å². The fraction of sp³-hybridized carbons (Fsp3) is 0.333. The van der Waals surface area contributed by atoms with Gasteiger partial charge in [-0.25, -0.2) is 0 Å². The maximum atomic E-state index is 13.1. The van der Waals surface area contributed by atoms with Gasteiger partial charge < -0.3 is 14.7 Å². The molecule has 1 amide bonds. The van der Waals surface area contributed by atoms with Crippen molar-refractivity contribution in [2.24, 2.45) is 0 Å². The van der Waals surface area contributed by atoms with E-state index in [4.69, 9.17) is 16.3 Å². The Hall–Kier alpha value is -2.19. The molecule has 1 atom stereocenters. The molecule has 4 rings (SSSR count). The molecule has 0 aromatic heterocycles. The fourth-order valence-corrected chi connectivity index (χ4v) is 4.73. The summed E-state index contributed by atoms with van der Waals surface area (Å²) in [6.45, 7) is 4.38. The van der Waals surface area contributed by atoms with Crippen LogP contribution in [0, 0.1) is 0 Å². The minimum Gasteiger partial charge on any atom is -0.507 e. The molecule has 2 aliphatic rings. The molecule has 0 unspecified atom stereocenters. The van der Waals surface area contributed by atoms with Gasteiger partial charge in [-0.1, -0.05) is 39.7 Å². The largest absolute Gasteiger partial charge is 0.507 e. The highest BCUT2D eigenvalue weighted by atomic mass is 79.9. The highest BCUT2D eigenvalue weighted by molar-refractivity contribution is 9.10. The molecule has 8 heteroatoms. The number of carbonyl (C=O) groups excluding carboxylic acids is 2. The predicted molar refractivity (Wildman–Crippen MR) is 126 cm³/mol. The average molecular weight is 520 g/mol. The van der Waals surface area contributed by atoms with Gasteiger partial charge in [0.1, 0.15) is 5.76 Å². The van der Waals surface area contributed by atoms with Gasteiger partial charge in [0.2, 0.25) is 0 Å². The topological polar surface area (TPSA) is 70.1 Å². The molecule has 0 bridgehead atoms. The lowest BCUT2D eigenvalue weighted by atomic mass is 9.95. The van der Waals surface area contributed by atoms with E-state index in [1.54, 1.807) is 29.2 Å². The molecule has 2 saturated heterocycles. The molecule has 0 aliphatic carbocycles. The van der Waals surface area contributed by atoms with Gasteiger partial charge in [0, 0.05) is 41.2 Å². The number of aliphatic hydroxyl groups excluding tert-OH is 1. The lowest BCUT2D eigenvalue weighted by molar-refractivity contribution is -0.140. The molecule has 0 spiro atoms. The third-order valence-corrected chi connectivity index (χ3v) is 6.54. The van der Waals surface area contributed by atoms with Crippen LogP contribution < -0.4 is 0 Å². The highest BCUT2D eigenvalue weighted by Gasteiger charge is 2.45. The second-order valence-corrected chi connectivity index (χ2v) is 9.21. The lowest BCUT2D eigenvalue weighted by Crippen LogP contribution is -2.38. The van der Waals surface area contributed by atoms with Crippen LogP contribution in [0.2, 0.25) is 5.02 Å². The maximum absolute atomic E-state index is 13.1. The number of hydrogen-bond donors (Lipinski definition) is 1. The second kappa shape index (κ2) is 10.2. The number of Topliss-reactive ketones (excluding diaryl/α,β-unsaturated/α-hetero) is 1. The number of carbonyl (C=O) groups is 2. The first-order chi connectivity index (χ1) is 15.5. The standard InChI is InChI=1S/C24H24BrClN2O4/c25-18-4-1-3-17(15-18)21-20(22(29)16-5-7-19(26)8-6-16)23(30)24(31)28(21)10-2-9-27-11-13-32-14-12-27/h1,3-8,15,21,29H,2,9-14H2/t21-/m1/s1. The van der Waals surface area contributed by atoms with E-state index in [-0.39, 0.29) is 11.3 Å². The Kier molecular flexibility index (Phi) is 7.30. The van der Waals surface area contributed by atoms with Gasteiger partial charge in [0.15, 0.2) is 0 Å². The van der Waals surface area contributed by atoms with Gasteiger partial charge in [0.05, 0.1) is 24.8 Å². The molecular weight excluding hydrogens is 496 g/mol. The zero-order valence-electron chi connectivity index (χ0n) is 17.5. The number of ether oxygens (including phenoxy) is 1. The molecule has 2 aromatic carbocycles. The van der Waals surface area contributed by atoms with E-state index in [1.165, 1.54) is 0 Å². The van der Waals surface area contributed by atoms with E-state index < -0.39 is 17.7 Å². The molecule has 1 N–H and O–H groups in total. The van der Waals surface area contributed by atoms with Crippen molar-refractivity contribution < 1.29 is 19.4 Å². The summed E-state index contributed by atoms with van der Waals surface area (Å²) in [5.74, 6) is -1.46. The number of likely N-dealkylation sites (tertiary alicyclic amines) is 1. The lowest BCUT2D eigenvalue weighted by Gasteiger charge is -2.29. The fourth-order valence-electron chi connectivity index (χ4n) is 4.19. The third kappa shape index (κ3) is 4.91. The second-order valence-electron chi connectivity index (χ2n) is 7.86. The quantitative estimate of drug-likeness (QED) is 0.351. The van der Waals surface area contributed by atoms with Crippen molar-refractivity contribution in [3.8, 4) is 0 Å². The van der Waals surface area contributed by atoms with Gasteiger partial charge in [-0.2, -0.15) is 0 Å². The number of benzene rings is 2. The zero-order chi connectivity index (χ0) is 22.7. The molecule has 2 fully saturated rings. The predicted octanol–water partition coefficient (Wildman–Crippen LogP) is 4.25. The zero-order valence-corrected chi connectivity index (χ0v) is 19.8. The number of morpholine rings is 1. The number of ketones is 1. The van der Waals surface area contributed by atoms with E-state index in [0.717, 1.165) is 36.1 Å². The summed E-state index contributed by atoms with van der Waals surface area (Å²) in [5, 5.41) is 11.6. The van der Waals surface area contributed by atoms with Crippen LogP contribution in [0.25, 0.3) is 5.76 Å². The normalized spacial score (nSPS) is 21.3. The van der Waals surface area contributed by atoms with Crippen molar-refractivity contribution in [3.05, 3.63) is 74.7 Å². The molecule has 2 aliphatic heterocycles. The van der Waals surface area contributed by atoms with Crippen molar-refractivity contribution >= 4 is 45.0 Å². The van der Waals surface area contributed by atoms with Crippen LogP contribution in [0.3, 0.4) is 0 Å². The van der Waals surface area contributed by atoms with Crippen molar-refractivity contribution in [2.75, 3.05) is 39.4 Å². The summed E-state index contributed by atoms with van der Waals surface area (Å²) in [6.07, 6.45) is 0.721. The van der Waals surface area contributed by atoms with Crippen LogP contribution >= 0.6 is 27.5 Å². The Morgan fingerprint density at radius 3 is 2.50 bits per heavy atom. The summed E-state index contributed by atoms with van der Waals surface area (Å²) in [6, 6.07) is 13.4. The Balaban J connectivity index is 1.67. The first-order valence-corrected chi connectivity index (χ1v) is 11.7. The smallest absolute Gasteiger partial charge is 0.295 e. The summed E-state index contributed by atoms with van der Waals surface area (Å²) in [7, 11) is 0. The van der Waals surface area contributed by atoms with E-state index >= 15 is 0 Å². The summed E-state index contributed by atoms with van der Waals surface area (Å²) in [5.41, 5.74) is 1.31. The van der Waals surface area contributed by atoms with Crippen LogP contribution in [-0.4, -0.2) is 66.0 Å². The average Bonchev–Trinajstić information content (AvgIpc) is 3.05. The SMILES string of the molecule is O=C1C(=O)N(CCCN2CCOCC2)[C@H](c2cccc(Br)c2)C1=C(O)c1ccc(Cl)cc1. The molecule has 2 aromatic rings. The van der Waals surface area contributed by atoms with Crippen molar-refractivity contribution in [3.63, 3.8) is 0 Å². The van der Waals surface area contributed by atoms with Crippen LogP contribution in [0.5, 0.6) is 0 Å². The number of aliphatic hydroxyl groups is 1.